The lowest BCUT2D eigenvalue weighted by Gasteiger charge is -2.30. The molecule has 8 heteroatoms. The first kappa shape index (κ1) is 15.3. The maximum absolute atomic E-state index is 11.5. The lowest BCUT2D eigenvalue weighted by molar-refractivity contribution is -0.132. The molecule has 2 heterocycles. The van der Waals surface area contributed by atoms with Crippen LogP contribution in [0.25, 0.3) is 0 Å². The quantitative estimate of drug-likeness (QED) is 0.799. The predicted molar refractivity (Wildman–Crippen MR) is 79.4 cm³/mol. The fraction of sp³-hybridized carbons (Fsp3) is 0.692. The highest BCUT2D eigenvalue weighted by molar-refractivity contribution is 5.76. The highest BCUT2D eigenvalue weighted by Gasteiger charge is 2.23. The maximum Gasteiger partial charge on any atom is 0.323 e. The number of piperidine rings is 1. The van der Waals surface area contributed by atoms with Crippen molar-refractivity contribution in [3.05, 3.63) is 0 Å². The minimum Gasteiger partial charge on any atom is -0.463 e. The van der Waals surface area contributed by atoms with Gasteiger partial charge in [0, 0.05) is 33.1 Å². The maximum atomic E-state index is 11.5. The number of nitrogens with zero attached hydrogens (tertiary/aromatic N) is 4. The van der Waals surface area contributed by atoms with Gasteiger partial charge in [0.25, 0.3) is 0 Å². The summed E-state index contributed by atoms with van der Waals surface area (Å²) in [7, 11) is 3.55. The minimum absolute atomic E-state index is 0.138. The molecule has 0 saturated carbocycles. The molecule has 1 aromatic heterocycles. The zero-order valence-corrected chi connectivity index (χ0v) is 12.7. The summed E-state index contributed by atoms with van der Waals surface area (Å²) in [5.74, 6) is 1.10. The number of likely N-dealkylation sites (tertiary alicyclic amines) is 1. The molecule has 1 fully saturated rings. The van der Waals surface area contributed by atoms with Crippen molar-refractivity contribution in [2.75, 3.05) is 37.9 Å². The first-order valence-electron chi connectivity index (χ1n) is 7.19. The highest BCUT2D eigenvalue weighted by Crippen LogP contribution is 2.16. The molecule has 0 aromatic carbocycles. The Balaban J connectivity index is 2.06. The second kappa shape index (κ2) is 7.05. The molecule has 0 spiro atoms. The Morgan fingerprint density at radius 1 is 1.33 bits per heavy atom. The molecule has 116 valence electrons. The van der Waals surface area contributed by atoms with Crippen molar-refractivity contribution in [1.29, 1.82) is 0 Å². The van der Waals surface area contributed by atoms with Crippen molar-refractivity contribution in [2.45, 2.75) is 32.2 Å². The van der Waals surface area contributed by atoms with Gasteiger partial charge in [0.1, 0.15) is 0 Å². The number of ether oxygens (including phenoxy) is 1. The first-order chi connectivity index (χ1) is 10.1. The number of nitrogens with one attached hydrogen (secondary N) is 2. The van der Waals surface area contributed by atoms with E-state index < -0.39 is 0 Å². The van der Waals surface area contributed by atoms with Crippen LogP contribution in [0.5, 0.6) is 6.01 Å². The third-order valence-corrected chi connectivity index (χ3v) is 3.23. The molecule has 2 rings (SSSR count). The van der Waals surface area contributed by atoms with Crippen LogP contribution in [0.4, 0.5) is 11.9 Å². The SMILES string of the molecule is CCCOc1nc(NC)nc(NC2CCC(=O)N(C)C2)n1. The normalized spacial score (nSPS) is 18.5. The Morgan fingerprint density at radius 2 is 2.10 bits per heavy atom. The van der Waals surface area contributed by atoms with E-state index in [4.69, 9.17) is 4.74 Å². The molecule has 0 bridgehead atoms. The van der Waals surface area contributed by atoms with Gasteiger partial charge in [-0.2, -0.15) is 15.0 Å². The van der Waals surface area contributed by atoms with Crippen molar-refractivity contribution in [3.63, 3.8) is 0 Å². The van der Waals surface area contributed by atoms with E-state index in [1.54, 1.807) is 19.0 Å². The van der Waals surface area contributed by atoms with Crippen LogP contribution in [0, 0.1) is 0 Å². The molecule has 0 aliphatic carbocycles. The van der Waals surface area contributed by atoms with Gasteiger partial charge in [0.2, 0.25) is 17.8 Å². The van der Waals surface area contributed by atoms with Crippen LogP contribution in [0.1, 0.15) is 26.2 Å². The van der Waals surface area contributed by atoms with Gasteiger partial charge >= 0.3 is 6.01 Å². The number of aromatic nitrogens is 3. The largest absolute Gasteiger partial charge is 0.463 e. The topological polar surface area (TPSA) is 92.3 Å². The van der Waals surface area contributed by atoms with E-state index in [-0.39, 0.29) is 11.9 Å². The molecule has 8 nitrogen and oxygen atoms in total. The summed E-state index contributed by atoms with van der Waals surface area (Å²) in [6, 6.07) is 0.442. The third kappa shape index (κ3) is 4.17. The van der Waals surface area contributed by atoms with E-state index in [0.29, 0.717) is 37.5 Å². The number of rotatable bonds is 6. The Bertz CT molecular complexity index is 496. The molecule has 2 N–H and O–H groups in total. The Hall–Kier alpha value is -2.12. The second-order valence-corrected chi connectivity index (χ2v) is 5.02. The highest BCUT2D eigenvalue weighted by atomic mass is 16.5. The number of likely N-dealkylation sites (N-methyl/N-ethyl adjacent to an activating group) is 1. The molecule has 0 radical (unpaired) electrons. The Labute approximate surface area is 124 Å². The average molecular weight is 294 g/mol. The molecule has 1 unspecified atom stereocenters. The lowest BCUT2D eigenvalue weighted by atomic mass is 10.1. The van der Waals surface area contributed by atoms with Gasteiger partial charge in [-0.25, -0.2) is 0 Å². The van der Waals surface area contributed by atoms with Gasteiger partial charge in [-0.1, -0.05) is 6.92 Å². The number of carbonyl (C=O) groups excluding carboxylic acids is 1. The standard InChI is InChI=1S/C13H22N6O2/c1-4-7-21-13-17-11(14-2)16-12(18-13)15-9-5-6-10(20)19(3)8-9/h9H,4-8H2,1-3H3,(H2,14,15,16,17,18). The van der Waals surface area contributed by atoms with E-state index in [2.05, 4.69) is 25.6 Å². The summed E-state index contributed by atoms with van der Waals surface area (Å²) in [4.78, 5) is 25.9. The fourth-order valence-electron chi connectivity index (χ4n) is 2.10. The number of anilines is 2. The van der Waals surface area contributed by atoms with Crippen LogP contribution in [-0.4, -0.2) is 59.0 Å². The molecule has 1 atom stereocenters. The second-order valence-electron chi connectivity index (χ2n) is 5.02. The van der Waals surface area contributed by atoms with E-state index in [1.165, 1.54) is 0 Å². The van der Waals surface area contributed by atoms with E-state index in [0.717, 1.165) is 12.8 Å². The van der Waals surface area contributed by atoms with Crippen LogP contribution in [0.15, 0.2) is 0 Å². The van der Waals surface area contributed by atoms with E-state index in [1.807, 2.05) is 6.92 Å². The molecular formula is C13H22N6O2. The van der Waals surface area contributed by atoms with Crippen LogP contribution in [-0.2, 0) is 4.79 Å². The van der Waals surface area contributed by atoms with Crippen molar-refractivity contribution >= 4 is 17.8 Å². The van der Waals surface area contributed by atoms with Crippen molar-refractivity contribution in [2.24, 2.45) is 0 Å². The predicted octanol–water partition coefficient (Wildman–Crippen LogP) is 0.735. The number of amides is 1. The van der Waals surface area contributed by atoms with Crippen molar-refractivity contribution in [3.8, 4) is 6.01 Å². The molecule has 1 amide bonds. The van der Waals surface area contributed by atoms with Gasteiger partial charge in [-0.3, -0.25) is 4.79 Å². The van der Waals surface area contributed by atoms with Gasteiger partial charge < -0.3 is 20.3 Å². The number of hydrogen-bond donors (Lipinski definition) is 2. The Morgan fingerprint density at radius 3 is 2.76 bits per heavy atom. The Kier molecular flexibility index (Phi) is 5.13. The zero-order valence-electron chi connectivity index (χ0n) is 12.7. The number of hydrogen-bond acceptors (Lipinski definition) is 7. The van der Waals surface area contributed by atoms with Gasteiger partial charge in [0.05, 0.1) is 6.61 Å². The summed E-state index contributed by atoms with van der Waals surface area (Å²) in [6.45, 7) is 3.23. The average Bonchev–Trinajstić information content (AvgIpc) is 2.48. The summed E-state index contributed by atoms with van der Waals surface area (Å²) in [6.07, 6.45) is 2.20. The van der Waals surface area contributed by atoms with E-state index in [9.17, 15) is 4.79 Å². The number of carbonyl (C=O) groups is 1. The summed E-state index contributed by atoms with van der Waals surface area (Å²) >= 11 is 0. The van der Waals surface area contributed by atoms with Crippen LogP contribution < -0.4 is 15.4 Å². The monoisotopic (exact) mass is 294 g/mol. The third-order valence-electron chi connectivity index (χ3n) is 3.23. The molecule has 21 heavy (non-hydrogen) atoms. The summed E-state index contributed by atoms with van der Waals surface area (Å²) < 4.78 is 5.46. The van der Waals surface area contributed by atoms with Gasteiger partial charge in [0.15, 0.2) is 0 Å². The molecular weight excluding hydrogens is 272 g/mol. The van der Waals surface area contributed by atoms with Crippen LogP contribution in [0.3, 0.4) is 0 Å². The van der Waals surface area contributed by atoms with Crippen molar-refractivity contribution in [1.82, 2.24) is 19.9 Å². The van der Waals surface area contributed by atoms with E-state index >= 15 is 0 Å². The van der Waals surface area contributed by atoms with Crippen molar-refractivity contribution < 1.29 is 9.53 Å². The van der Waals surface area contributed by atoms with Crippen LogP contribution >= 0.6 is 0 Å². The van der Waals surface area contributed by atoms with Crippen LogP contribution in [0.2, 0.25) is 0 Å². The summed E-state index contributed by atoms with van der Waals surface area (Å²) in [5, 5.41) is 6.14. The fourth-order valence-corrected chi connectivity index (χ4v) is 2.10. The molecule has 1 saturated heterocycles. The first-order valence-corrected chi connectivity index (χ1v) is 7.19. The van der Waals surface area contributed by atoms with Gasteiger partial charge in [-0.05, 0) is 12.8 Å². The molecule has 1 aromatic rings. The minimum atomic E-state index is 0.138. The smallest absolute Gasteiger partial charge is 0.323 e. The lowest BCUT2D eigenvalue weighted by Crippen LogP contribution is -2.43. The van der Waals surface area contributed by atoms with Gasteiger partial charge in [-0.15, -0.1) is 0 Å². The summed E-state index contributed by atoms with van der Waals surface area (Å²) in [5.41, 5.74) is 0. The molecule has 1 aliphatic heterocycles. The zero-order chi connectivity index (χ0) is 15.2. The molecule has 1 aliphatic rings.